The molecule has 0 aromatic heterocycles. The van der Waals surface area contributed by atoms with Gasteiger partial charge in [0, 0.05) is 13.5 Å². The van der Waals surface area contributed by atoms with Crippen LogP contribution in [0.25, 0.3) is 0 Å². The third-order valence-electron chi connectivity index (χ3n) is 3.15. The summed E-state index contributed by atoms with van der Waals surface area (Å²) in [5, 5.41) is 8.95. The van der Waals surface area contributed by atoms with E-state index in [4.69, 9.17) is 14.6 Å². The SMILES string of the molecule is COC(Cc1ccc(OCc2ccccc2)cc1)C(=O)O.[BaH2]. The van der Waals surface area contributed by atoms with Crippen LogP contribution in [0.15, 0.2) is 54.6 Å². The van der Waals surface area contributed by atoms with E-state index in [2.05, 4.69) is 0 Å². The molecule has 0 aliphatic carbocycles. The zero-order valence-corrected chi connectivity index (χ0v) is 11.9. The van der Waals surface area contributed by atoms with Gasteiger partial charge in [-0.2, -0.15) is 0 Å². The zero-order chi connectivity index (χ0) is 15.1. The van der Waals surface area contributed by atoms with Gasteiger partial charge >= 0.3 is 54.9 Å². The zero-order valence-electron chi connectivity index (χ0n) is 11.9. The molecule has 2 rings (SSSR count). The standard InChI is InChI=1S/C17H18O4.Ba.2H/c1-20-16(17(18)19)11-13-7-9-15(10-8-13)21-12-14-5-3-2-4-6-14;;;/h2-10,16H,11-12H2,1H3,(H,18,19);;;. The van der Waals surface area contributed by atoms with Gasteiger partial charge in [-0.3, -0.25) is 0 Å². The van der Waals surface area contributed by atoms with Crippen molar-refractivity contribution in [1.82, 2.24) is 0 Å². The van der Waals surface area contributed by atoms with Crippen LogP contribution in [0.1, 0.15) is 11.1 Å². The molecule has 0 spiro atoms. The second-order valence-corrected chi connectivity index (χ2v) is 4.68. The van der Waals surface area contributed by atoms with Gasteiger partial charge in [-0.15, -0.1) is 0 Å². The predicted molar refractivity (Wildman–Crippen MR) is 87.9 cm³/mol. The molecule has 2 aromatic carbocycles. The molecular weight excluding hydrogens is 406 g/mol. The minimum absolute atomic E-state index is 0. The van der Waals surface area contributed by atoms with Crippen molar-refractivity contribution in [2.24, 2.45) is 0 Å². The molecule has 0 aliphatic rings. The van der Waals surface area contributed by atoms with Gasteiger partial charge in [-0.05, 0) is 23.3 Å². The quantitative estimate of drug-likeness (QED) is 0.690. The Morgan fingerprint density at radius 1 is 1.05 bits per heavy atom. The number of hydrogen-bond acceptors (Lipinski definition) is 3. The maximum atomic E-state index is 10.9. The number of carbonyl (C=O) groups is 1. The van der Waals surface area contributed by atoms with E-state index in [1.807, 2.05) is 54.6 Å². The van der Waals surface area contributed by atoms with Crippen molar-refractivity contribution < 1.29 is 19.4 Å². The molecule has 0 heterocycles. The van der Waals surface area contributed by atoms with E-state index in [1.165, 1.54) is 7.11 Å². The molecule has 0 amide bonds. The third-order valence-corrected chi connectivity index (χ3v) is 3.15. The number of benzene rings is 2. The van der Waals surface area contributed by atoms with Crippen molar-refractivity contribution in [2.45, 2.75) is 19.1 Å². The summed E-state index contributed by atoms with van der Waals surface area (Å²) in [7, 11) is 1.40. The molecular formula is C17H20BaO4. The summed E-state index contributed by atoms with van der Waals surface area (Å²) in [4.78, 5) is 10.9. The van der Waals surface area contributed by atoms with Gasteiger partial charge < -0.3 is 14.6 Å². The molecule has 1 unspecified atom stereocenters. The summed E-state index contributed by atoms with van der Waals surface area (Å²) in [5.74, 6) is -0.200. The van der Waals surface area contributed by atoms with E-state index in [0.717, 1.165) is 16.9 Å². The van der Waals surface area contributed by atoms with Crippen LogP contribution in [0.4, 0.5) is 0 Å². The van der Waals surface area contributed by atoms with Crippen LogP contribution in [-0.4, -0.2) is 73.2 Å². The molecule has 0 saturated heterocycles. The monoisotopic (exact) mass is 426 g/mol. The Balaban J connectivity index is 0.00000242. The summed E-state index contributed by atoms with van der Waals surface area (Å²) < 4.78 is 10.6. The van der Waals surface area contributed by atoms with Crippen molar-refractivity contribution in [3.8, 4) is 5.75 Å². The fraction of sp³-hybridized carbons (Fsp3) is 0.235. The van der Waals surface area contributed by atoms with Crippen molar-refractivity contribution >= 4 is 54.9 Å². The first-order valence-electron chi connectivity index (χ1n) is 6.70. The molecule has 114 valence electrons. The Morgan fingerprint density at radius 2 is 1.68 bits per heavy atom. The van der Waals surface area contributed by atoms with Crippen molar-refractivity contribution in [3.05, 3.63) is 65.7 Å². The van der Waals surface area contributed by atoms with Crippen LogP contribution in [0, 0.1) is 0 Å². The minimum atomic E-state index is -0.957. The Hall–Kier alpha value is -0.759. The Bertz CT molecular complexity index is 569. The average Bonchev–Trinajstić information content (AvgIpc) is 2.52. The fourth-order valence-electron chi connectivity index (χ4n) is 1.95. The molecule has 0 aliphatic heterocycles. The van der Waals surface area contributed by atoms with Crippen molar-refractivity contribution in [1.29, 1.82) is 0 Å². The first-order chi connectivity index (χ1) is 10.2. The first kappa shape index (κ1) is 19.3. The summed E-state index contributed by atoms with van der Waals surface area (Å²) in [5.41, 5.74) is 2.00. The molecule has 22 heavy (non-hydrogen) atoms. The van der Waals surface area contributed by atoms with Crippen LogP contribution in [0.5, 0.6) is 5.75 Å². The van der Waals surface area contributed by atoms with E-state index >= 15 is 0 Å². The number of hydrogen-bond donors (Lipinski definition) is 1. The van der Waals surface area contributed by atoms with Gasteiger partial charge in [-0.1, -0.05) is 42.5 Å². The third kappa shape index (κ3) is 6.16. The van der Waals surface area contributed by atoms with Gasteiger partial charge in [0.1, 0.15) is 12.4 Å². The van der Waals surface area contributed by atoms with Gasteiger partial charge in [-0.25, -0.2) is 4.79 Å². The van der Waals surface area contributed by atoms with Gasteiger partial charge in [0.25, 0.3) is 0 Å². The van der Waals surface area contributed by atoms with Crippen LogP contribution >= 0.6 is 0 Å². The van der Waals surface area contributed by atoms with Crippen LogP contribution < -0.4 is 4.74 Å². The Kier molecular flexibility index (Phi) is 8.85. The second-order valence-electron chi connectivity index (χ2n) is 4.68. The van der Waals surface area contributed by atoms with E-state index in [1.54, 1.807) is 0 Å². The first-order valence-corrected chi connectivity index (χ1v) is 6.70. The number of aliphatic carboxylic acids is 1. The van der Waals surface area contributed by atoms with Gasteiger partial charge in [0.2, 0.25) is 0 Å². The molecule has 1 atom stereocenters. The molecule has 2 aromatic rings. The van der Waals surface area contributed by atoms with Crippen LogP contribution in [0.2, 0.25) is 0 Å². The average molecular weight is 426 g/mol. The Morgan fingerprint density at radius 3 is 2.23 bits per heavy atom. The molecule has 0 saturated carbocycles. The molecule has 5 heteroatoms. The summed E-state index contributed by atoms with van der Waals surface area (Å²) in [6, 6.07) is 17.3. The van der Waals surface area contributed by atoms with E-state index < -0.39 is 12.1 Å². The molecule has 0 fully saturated rings. The Labute approximate surface area is 170 Å². The van der Waals surface area contributed by atoms with Crippen molar-refractivity contribution in [2.75, 3.05) is 7.11 Å². The van der Waals surface area contributed by atoms with Crippen LogP contribution in [0.3, 0.4) is 0 Å². The molecule has 4 nitrogen and oxygen atoms in total. The number of carboxylic acids is 1. The number of rotatable bonds is 7. The molecule has 1 N–H and O–H groups in total. The van der Waals surface area contributed by atoms with Gasteiger partial charge in [0.15, 0.2) is 6.10 Å². The van der Waals surface area contributed by atoms with Crippen LogP contribution in [-0.2, 0) is 22.6 Å². The fourth-order valence-corrected chi connectivity index (χ4v) is 1.95. The summed E-state index contributed by atoms with van der Waals surface area (Å²) >= 11 is 0. The number of methoxy groups -OCH3 is 1. The summed E-state index contributed by atoms with van der Waals surface area (Å²) in [6.07, 6.45) is -0.480. The van der Waals surface area contributed by atoms with E-state index in [0.29, 0.717) is 13.0 Å². The van der Waals surface area contributed by atoms with E-state index in [-0.39, 0.29) is 48.9 Å². The second kappa shape index (κ2) is 10.1. The summed E-state index contributed by atoms with van der Waals surface area (Å²) in [6.45, 7) is 0.510. The maximum absolute atomic E-state index is 10.9. The van der Waals surface area contributed by atoms with Gasteiger partial charge in [0.05, 0.1) is 0 Å². The number of carboxylic acid groups (broad SMARTS) is 1. The molecule has 0 bridgehead atoms. The normalized spacial score (nSPS) is 11.3. The number of ether oxygens (including phenoxy) is 2. The molecule has 0 radical (unpaired) electrons. The predicted octanol–water partition coefficient (Wildman–Crippen LogP) is 1.99. The topological polar surface area (TPSA) is 55.8 Å². The van der Waals surface area contributed by atoms with Crippen molar-refractivity contribution in [3.63, 3.8) is 0 Å². The van der Waals surface area contributed by atoms with E-state index in [9.17, 15) is 4.79 Å².